The largest absolute Gasteiger partial charge is 0.493 e. The number of aromatic hydroxyl groups is 1. The van der Waals surface area contributed by atoms with E-state index in [-0.39, 0.29) is 16.0 Å². The molecule has 9 nitrogen and oxygen atoms in total. The first-order valence-electron chi connectivity index (χ1n) is 5.87. The molecule has 22 heavy (non-hydrogen) atoms. The molecule has 1 aromatic carbocycles. The van der Waals surface area contributed by atoms with Crippen LogP contribution in [-0.2, 0) is 16.9 Å². The van der Waals surface area contributed by atoms with Crippen LogP contribution in [0, 0.1) is 10.1 Å². The number of nitrogens with zero attached hydrogens (tertiary/aromatic N) is 3. The Morgan fingerprint density at radius 1 is 1.36 bits per heavy atom. The first kappa shape index (κ1) is 15.6. The first-order chi connectivity index (χ1) is 10.1. The summed E-state index contributed by atoms with van der Waals surface area (Å²) in [5, 5.41) is 24.5. The molecule has 0 amide bonds. The van der Waals surface area contributed by atoms with Gasteiger partial charge in [0.2, 0.25) is 11.7 Å². The molecule has 0 atom stereocenters. The van der Waals surface area contributed by atoms with Crippen molar-refractivity contribution in [1.29, 1.82) is 0 Å². The van der Waals surface area contributed by atoms with E-state index in [0.717, 1.165) is 35.3 Å². The molecular formula is C12H11N3O6S. The van der Waals surface area contributed by atoms with Gasteiger partial charge >= 0.3 is 0 Å². The number of sulfone groups is 1. The van der Waals surface area contributed by atoms with Crippen molar-refractivity contribution in [3.63, 3.8) is 0 Å². The molecule has 116 valence electrons. The summed E-state index contributed by atoms with van der Waals surface area (Å²) in [6.07, 6.45) is 1.98. The quantitative estimate of drug-likeness (QED) is 0.496. The Morgan fingerprint density at radius 3 is 2.45 bits per heavy atom. The zero-order valence-electron chi connectivity index (χ0n) is 11.5. The highest BCUT2D eigenvalue weighted by molar-refractivity contribution is 7.90. The fourth-order valence-corrected chi connectivity index (χ4v) is 2.46. The van der Waals surface area contributed by atoms with Crippen molar-refractivity contribution in [3.05, 3.63) is 45.6 Å². The molecule has 0 bridgehead atoms. The summed E-state index contributed by atoms with van der Waals surface area (Å²) in [5.74, 6) is -1.26. The minimum atomic E-state index is -3.65. The van der Waals surface area contributed by atoms with Crippen LogP contribution in [0.5, 0.6) is 5.88 Å². The highest BCUT2D eigenvalue weighted by atomic mass is 32.2. The van der Waals surface area contributed by atoms with Gasteiger partial charge in [0.15, 0.2) is 9.84 Å². The molecule has 2 rings (SSSR count). The molecule has 1 heterocycles. The lowest BCUT2D eigenvalue weighted by molar-refractivity contribution is -0.385. The molecule has 0 aliphatic carbocycles. The summed E-state index contributed by atoms with van der Waals surface area (Å²) in [5.41, 5.74) is -1.20. The number of aryl methyl sites for hydroxylation is 1. The summed E-state index contributed by atoms with van der Waals surface area (Å²) < 4.78 is 23.9. The lowest BCUT2D eigenvalue weighted by atomic mass is 10.0. The maximum atomic E-state index is 12.3. The fourth-order valence-electron chi connectivity index (χ4n) is 1.82. The molecule has 0 saturated heterocycles. The Balaban J connectivity index is 2.63. The molecule has 1 N–H and O–H groups in total. The van der Waals surface area contributed by atoms with E-state index in [2.05, 4.69) is 5.10 Å². The SMILES string of the molecule is Cn1ncc(C(=O)c2ccc(S(C)(=O)=O)cc2[N+](=O)[O-])c1O. The average Bonchev–Trinajstić information content (AvgIpc) is 2.76. The standard InChI is InChI=1S/C12H11N3O6S/c1-14-12(17)9(6-13-14)11(16)8-4-3-7(22(2,20)21)5-10(8)15(18)19/h3-6,17H,1-2H3. The van der Waals surface area contributed by atoms with Crippen molar-refractivity contribution in [3.8, 4) is 5.88 Å². The number of rotatable bonds is 4. The van der Waals surface area contributed by atoms with Crippen LogP contribution in [0.3, 0.4) is 0 Å². The summed E-state index contributed by atoms with van der Waals surface area (Å²) in [6.45, 7) is 0. The van der Waals surface area contributed by atoms with Crippen LogP contribution in [0.15, 0.2) is 29.3 Å². The zero-order chi connectivity index (χ0) is 16.7. The van der Waals surface area contributed by atoms with E-state index in [0.29, 0.717) is 0 Å². The van der Waals surface area contributed by atoms with Crippen LogP contribution < -0.4 is 0 Å². The fraction of sp³-hybridized carbons (Fsp3) is 0.167. The number of ketones is 1. The molecule has 10 heteroatoms. The van der Waals surface area contributed by atoms with Gasteiger partial charge in [-0.2, -0.15) is 5.10 Å². The van der Waals surface area contributed by atoms with Gasteiger partial charge in [0.05, 0.1) is 16.0 Å². The van der Waals surface area contributed by atoms with Crippen LogP contribution >= 0.6 is 0 Å². The molecule has 0 unspecified atom stereocenters. The Bertz CT molecular complexity index is 884. The van der Waals surface area contributed by atoms with Crippen molar-refractivity contribution in [2.24, 2.45) is 7.05 Å². The van der Waals surface area contributed by atoms with Gasteiger partial charge in [-0.15, -0.1) is 0 Å². The highest BCUT2D eigenvalue weighted by Gasteiger charge is 2.27. The Morgan fingerprint density at radius 2 is 2.00 bits per heavy atom. The number of carbonyl (C=O) groups is 1. The number of carbonyl (C=O) groups excluding carboxylic acids is 1. The minimum absolute atomic E-state index is 0.210. The topological polar surface area (TPSA) is 132 Å². The number of hydrogen-bond donors (Lipinski definition) is 1. The second kappa shape index (κ2) is 5.22. The van der Waals surface area contributed by atoms with Gasteiger partial charge in [-0.25, -0.2) is 13.1 Å². The van der Waals surface area contributed by atoms with E-state index < -0.39 is 32.1 Å². The van der Waals surface area contributed by atoms with Gasteiger partial charge in [0.25, 0.3) is 5.69 Å². The van der Waals surface area contributed by atoms with E-state index >= 15 is 0 Å². The highest BCUT2D eigenvalue weighted by Crippen LogP contribution is 2.27. The van der Waals surface area contributed by atoms with Crippen molar-refractivity contribution >= 4 is 21.3 Å². The average molecular weight is 325 g/mol. The number of nitro benzene ring substituents is 1. The molecule has 2 aromatic rings. The van der Waals surface area contributed by atoms with E-state index in [9.17, 15) is 28.4 Å². The molecule has 0 saturated carbocycles. The third kappa shape index (κ3) is 2.68. The van der Waals surface area contributed by atoms with Crippen molar-refractivity contribution in [2.75, 3.05) is 6.26 Å². The van der Waals surface area contributed by atoms with Gasteiger partial charge in [-0.1, -0.05) is 0 Å². The molecule has 0 radical (unpaired) electrons. The van der Waals surface area contributed by atoms with Gasteiger partial charge in [-0.05, 0) is 12.1 Å². The lowest BCUT2D eigenvalue weighted by Crippen LogP contribution is -2.07. The van der Waals surface area contributed by atoms with Gasteiger partial charge in [0, 0.05) is 19.4 Å². The zero-order valence-corrected chi connectivity index (χ0v) is 12.4. The second-order valence-electron chi connectivity index (χ2n) is 4.54. The van der Waals surface area contributed by atoms with Crippen LogP contribution in [-0.4, -0.2) is 40.3 Å². The van der Waals surface area contributed by atoms with Crippen LogP contribution in [0.2, 0.25) is 0 Å². The maximum Gasteiger partial charge on any atom is 0.281 e. The third-order valence-corrected chi connectivity index (χ3v) is 4.10. The van der Waals surface area contributed by atoms with Crippen LogP contribution in [0.4, 0.5) is 5.69 Å². The van der Waals surface area contributed by atoms with Crippen LogP contribution in [0.25, 0.3) is 0 Å². The predicted octanol–water partition coefficient (Wildman–Crippen LogP) is 0.668. The third-order valence-electron chi connectivity index (χ3n) is 2.99. The number of hydrogen-bond acceptors (Lipinski definition) is 7. The summed E-state index contributed by atoms with van der Waals surface area (Å²) >= 11 is 0. The Labute approximate surface area is 124 Å². The molecular weight excluding hydrogens is 314 g/mol. The van der Waals surface area contributed by atoms with Gasteiger partial charge < -0.3 is 5.11 Å². The van der Waals surface area contributed by atoms with Crippen molar-refractivity contribution < 1.29 is 23.2 Å². The Hall–Kier alpha value is -2.75. The number of benzene rings is 1. The first-order valence-corrected chi connectivity index (χ1v) is 7.76. The second-order valence-corrected chi connectivity index (χ2v) is 6.56. The van der Waals surface area contributed by atoms with E-state index in [1.54, 1.807) is 0 Å². The molecule has 0 spiro atoms. The molecule has 1 aromatic heterocycles. The molecule has 0 aliphatic heterocycles. The van der Waals surface area contributed by atoms with Crippen molar-refractivity contribution in [2.45, 2.75) is 4.90 Å². The van der Waals surface area contributed by atoms with E-state index in [1.807, 2.05) is 0 Å². The van der Waals surface area contributed by atoms with E-state index in [1.165, 1.54) is 7.05 Å². The van der Waals surface area contributed by atoms with Crippen LogP contribution in [0.1, 0.15) is 15.9 Å². The van der Waals surface area contributed by atoms with Gasteiger partial charge in [-0.3, -0.25) is 14.9 Å². The monoisotopic (exact) mass is 325 g/mol. The van der Waals surface area contributed by atoms with Gasteiger partial charge in [0.1, 0.15) is 11.1 Å². The summed E-state index contributed by atoms with van der Waals surface area (Å²) in [7, 11) is -2.26. The Kier molecular flexibility index (Phi) is 3.71. The molecule has 0 aliphatic rings. The minimum Gasteiger partial charge on any atom is -0.493 e. The normalized spacial score (nSPS) is 11.4. The maximum absolute atomic E-state index is 12.3. The van der Waals surface area contributed by atoms with E-state index in [4.69, 9.17) is 0 Å². The lowest BCUT2D eigenvalue weighted by Gasteiger charge is -2.04. The predicted molar refractivity (Wildman–Crippen MR) is 74.5 cm³/mol. The number of nitro groups is 1. The van der Waals surface area contributed by atoms with Crippen molar-refractivity contribution in [1.82, 2.24) is 9.78 Å². The smallest absolute Gasteiger partial charge is 0.281 e. The summed E-state index contributed by atoms with van der Waals surface area (Å²) in [4.78, 5) is 22.3. The number of aromatic nitrogens is 2. The molecule has 0 fully saturated rings. The summed E-state index contributed by atoms with van der Waals surface area (Å²) in [6, 6.07) is 2.96.